The first-order valence-electron chi connectivity index (χ1n) is 11.2. The van der Waals surface area contributed by atoms with Crippen molar-refractivity contribution in [3.05, 3.63) is 58.9 Å². The smallest absolute Gasteiger partial charge is 0.227 e. The number of benzene rings is 1. The van der Waals surface area contributed by atoms with E-state index < -0.39 is 0 Å². The molecule has 0 atom stereocenters. The molecular weight excluding hydrogens is 372 g/mol. The molecule has 5 rings (SSSR count). The number of para-hydroxylation sites is 1. The normalized spacial score (nSPS) is 16.7. The van der Waals surface area contributed by atoms with Crippen molar-refractivity contribution in [2.45, 2.75) is 46.1 Å². The zero-order valence-electron chi connectivity index (χ0n) is 18.0. The third kappa shape index (κ3) is 3.36. The number of aromatic nitrogens is 2. The molecule has 0 aliphatic carbocycles. The molecule has 156 valence electrons. The molecule has 0 unspecified atom stereocenters. The SMILES string of the molecule is Cc1ccnc(N2CCN(C(=O)Cc3c(C)n4c5c(cccc35)CCCC4)CC2)c1. The molecule has 5 nitrogen and oxygen atoms in total. The van der Waals surface area contributed by atoms with E-state index in [1.165, 1.54) is 46.1 Å². The van der Waals surface area contributed by atoms with Gasteiger partial charge in [-0.15, -0.1) is 0 Å². The number of aryl methyl sites for hydroxylation is 3. The second-order valence-corrected chi connectivity index (χ2v) is 8.72. The summed E-state index contributed by atoms with van der Waals surface area (Å²) in [5, 5.41) is 1.28. The zero-order chi connectivity index (χ0) is 20.7. The second-order valence-electron chi connectivity index (χ2n) is 8.72. The molecule has 1 fully saturated rings. The van der Waals surface area contributed by atoms with E-state index in [1.54, 1.807) is 0 Å². The molecule has 30 heavy (non-hydrogen) atoms. The van der Waals surface area contributed by atoms with E-state index >= 15 is 0 Å². The Labute approximate surface area is 178 Å². The Morgan fingerprint density at radius 2 is 1.87 bits per heavy atom. The minimum absolute atomic E-state index is 0.247. The third-order valence-electron chi connectivity index (χ3n) is 6.82. The lowest BCUT2D eigenvalue weighted by Crippen LogP contribution is -2.49. The summed E-state index contributed by atoms with van der Waals surface area (Å²) >= 11 is 0. The van der Waals surface area contributed by atoms with Crippen LogP contribution in [0.4, 0.5) is 5.82 Å². The monoisotopic (exact) mass is 402 g/mol. The summed E-state index contributed by atoms with van der Waals surface area (Å²) in [5.41, 5.74) is 6.52. The summed E-state index contributed by atoms with van der Waals surface area (Å²) in [6, 6.07) is 10.8. The standard InChI is InChI=1S/C25H30N4O/c1-18-9-10-26-23(16-18)27-12-14-28(15-13-27)24(30)17-22-19(2)29-11-4-3-6-20-7-5-8-21(22)25(20)29/h5,7-10,16H,3-4,6,11-15,17H2,1-2H3. The van der Waals surface area contributed by atoms with Gasteiger partial charge in [0, 0.05) is 50.0 Å². The van der Waals surface area contributed by atoms with E-state index in [9.17, 15) is 4.79 Å². The van der Waals surface area contributed by atoms with Crippen LogP contribution in [0.25, 0.3) is 10.9 Å². The fraction of sp³-hybridized carbons (Fsp3) is 0.440. The maximum atomic E-state index is 13.2. The molecule has 0 radical (unpaired) electrons. The molecule has 0 spiro atoms. The van der Waals surface area contributed by atoms with E-state index in [2.05, 4.69) is 52.6 Å². The van der Waals surface area contributed by atoms with Crippen molar-refractivity contribution in [3.63, 3.8) is 0 Å². The van der Waals surface area contributed by atoms with Gasteiger partial charge in [-0.3, -0.25) is 4.79 Å². The topological polar surface area (TPSA) is 41.4 Å². The van der Waals surface area contributed by atoms with Crippen LogP contribution in [0.3, 0.4) is 0 Å². The van der Waals surface area contributed by atoms with E-state index in [-0.39, 0.29) is 5.91 Å². The van der Waals surface area contributed by atoms with Gasteiger partial charge in [-0.05, 0) is 61.9 Å². The molecule has 2 aromatic heterocycles. The first-order valence-corrected chi connectivity index (χ1v) is 11.2. The Kier molecular flexibility index (Phi) is 4.97. The number of rotatable bonds is 3. The van der Waals surface area contributed by atoms with Crippen molar-refractivity contribution in [2.24, 2.45) is 0 Å². The Balaban J connectivity index is 1.33. The average Bonchev–Trinajstić information content (AvgIpc) is 2.91. The van der Waals surface area contributed by atoms with Crippen LogP contribution in [0.1, 0.15) is 35.2 Å². The molecule has 2 aliphatic rings. The summed E-state index contributed by atoms with van der Waals surface area (Å²) in [6.45, 7) is 8.55. The van der Waals surface area contributed by atoms with Crippen LogP contribution in [0.5, 0.6) is 0 Å². The number of pyridine rings is 1. The highest BCUT2D eigenvalue weighted by molar-refractivity contribution is 5.92. The van der Waals surface area contributed by atoms with Gasteiger partial charge in [-0.1, -0.05) is 18.2 Å². The van der Waals surface area contributed by atoms with Crippen molar-refractivity contribution in [1.29, 1.82) is 0 Å². The molecule has 2 aliphatic heterocycles. The van der Waals surface area contributed by atoms with Crippen molar-refractivity contribution in [1.82, 2.24) is 14.5 Å². The zero-order valence-corrected chi connectivity index (χ0v) is 18.0. The van der Waals surface area contributed by atoms with Crippen LogP contribution >= 0.6 is 0 Å². The van der Waals surface area contributed by atoms with Crippen molar-refractivity contribution in [2.75, 3.05) is 31.1 Å². The van der Waals surface area contributed by atoms with Crippen LogP contribution in [-0.2, 0) is 24.2 Å². The van der Waals surface area contributed by atoms with E-state index in [0.29, 0.717) is 6.42 Å². The molecule has 1 amide bonds. The maximum Gasteiger partial charge on any atom is 0.227 e. The largest absolute Gasteiger partial charge is 0.353 e. The quantitative estimate of drug-likeness (QED) is 0.668. The number of anilines is 1. The summed E-state index contributed by atoms with van der Waals surface area (Å²) < 4.78 is 2.46. The lowest BCUT2D eigenvalue weighted by atomic mass is 10.0. The first-order chi connectivity index (χ1) is 14.6. The van der Waals surface area contributed by atoms with Crippen LogP contribution < -0.4 is 4.90 Å². The van der Waals surface area contributed by atoms with Gasteiger partial charge in [0.25, 0.3) is 0 Å². The highest BCUT2D eigenvalue weighted by atomic mass is 16.2. The number of hydrogen-bond acceptors (Lipinski definition) is 3. The highest BCUT2D eigenvalue weighted by Gasteiger charge is 2.25. The molecule has 4 heterocycles. The van der Waals surface area contributed by atoms with Crippen LogP contribution in [0.15, 0.2) is 36.5 Å². The number of carbonyl (C=O) groups is 1. The third-order valence-corrected chi connectivity index (χ3v) is 6.82. The number of hydrogen-bond donors (Lipinski definition) is 0. The first kappa shape index (κ1) is 19.2. The number of amides is 1. The van der Waals surface area contributed by atoms with Gasteiger partial charge in [-0.2, -0.15) is 0 Å². The van der Waals surface area contributed by atoms with Gasteiger partial charge in [0.05, 0.1) is 11.9 Å². The van der Waals surface area contributed by atoms with Gasteiger partial charge in [-0.25, -0.2) is 4.98 Å². The molecule has 1 saturated heterocycles. The Bertz CT molecular complexity index is 1090. The molecular formula is C25H30N4O. The minimum Gasteiger partial charge on any atom is -0.353 e. The van der Waals surface area contributed by atoms with Crippen LogP contribution in [-0.4, -0.2) is 46.5 Å². The Morgan fingerprint density at radius 1 is 1.03 bits per heavy atom. The Morgan fingerprint density at radius 3 is 2.67 bits per heavy atom. The minimum atomic E-state index is 0.247. The molecule has 3 aromatic rings. The summed E-state index contributed by atoms with van der Waals surface area (Å²) in [7, 11) is 0. The van der Waals surface area contributed by atoms with Crippen molar-refractivity contribution >= 4 is 22.6 Å². The molecule has 0 bridgehead atoms. The molecule has 5 heteroatoms. The van der Waals surface area contributed by atoms with E-state index in [1.807, 2.05) is 17.2 Å². The lowest BCUT2D eigenvalue weighted by Gasteiger charge is -2.35. The second kappa shape index (κ2) is 7.78. The number of piperazine rings is 1. The fourth-order valence-electron chi connectivity index (χ4n) is 5.11. The van der Waals surface area contributed by atoms with Crippen LogP contribution in [0, 0.1) is 13.8 Å². The molecule has 0 saturated carbocycles. The molecule has 1 aromatic carbocycles. The van der Waals surface area contributed by atoms with Crippen LogP contribution in [0.2, 0.25) is 0 Å². The lowest BCUT2D eigenvalue weighted by molar-refractivity contribution is -0.130. The number of carbonyl (C=O) groups excluding carboxylic acids is 1. The predicted molar refractivity (Wildman–Crippen MR) is 121 cm³/mol. The summed E-state index contributed by atoms with van der Waals surface area (Å²) in [5.74, 6) is 1.26. The fourth-order valence-corrected chi connectivity index (χ4v) is 5.11. The van der Waals surface area contributed by atoms with Crippen molar-refractivity contribution < 1.29 is 4.79 Å². The van der Waals surface area contributed by atoms with Gasteiger partial charge >= 0.3 is 0 Å². The predicted octanol–water partition coefficient (Wildman–Crippen LogP) is 3.88. The summed E-state index contributed by atoms with van der Waals surface area (Å²) in [6.07, 6.45) is 5.96. The van der Waals surface area contributed by atoms with Gasteiger partial charge in [0.1, 0.15) is 5.82 Å². The van der Waals surface area contributed by atoms with E-state index in [0.717, 1.165) is 45.0 Å². The van der Waals surface area contributed by atoms with Gasteiger partial charge in [0.15, 0.2) is 0 Å². The molecule has 0 N–H and O–H groups in total. The highest BCUT2D eigenvalue weighted by Crippen LogP contribution is 2.32. The Hall–Kier alpha value is -2.82. The van der Waals surface area contributed by atoms with Gasteiger partial charge < -0.3 is 14.4 Å². The maximum absolute atomic E-state index is 13.2. The average molecular weight is 403 g/mol. The van der Waals surface area contributed by atoms with E-state index in [4.69, 9.17) is 0 Å². The van der Waals surface area contributed by atoms with Gasteiger partial charge in [0.2, 0.25) is 5.91 Å². The van der Waals surface area contributed by atoms with Crippen molar-refractivity contribution in [3.8, 4) is 0 Å². The summed E-state index contributed by atoms with van der Waals surface area (Å²) in [4.78, 5) is 22.0. The number of nitrogens with zero attached hydrogens (tertiary/aromatic N) is 4.